The molecule has 0 aliphatic heterocycles. The summed E-state index contributed by atoms with van der Waals surface area (Å²) in [6.07, 6.45) is 14.4. The van der Waals surface area contributed by atoms with E-state index in [9.17, 15) is 0 Å². The van der Waals surface area contributed by atoms with Crippen molar-refractivity contribution >= 4 is 9.04 Å². The van der Waals surface area contributed by atoms with Crippen molar-refractivity contribution in [3.05, 3.63) is 11.8 Å². The van der Waals surface area contributed by atoms with E-state index in [-0.39, 0.29) is 0 Å². The van der Waals surface area contributed by atoms with E-state index in [1.807, 2.05) is 0 Å². The number of hydrogen-bond donors (Lipinski definition) is 0. The van der Waals surface area contributed by atoms with Gasteiger partial charge in [-0.1, -0.05) is 40.0 Å². The first kappa shape index (κ1) is 17.8. The topological polar surface area (TPSA) is 9.23 Å². The minimum Gasteiger partial charge on any atom is -0.550 e. The molecule has 20 heavy (non-hydrogen) atoms. The van der Waals surface area contributed by atoms with Crippen LogP contribution < -0.4 is 0 Å². The molecule has 0 heterocycles. The van der Waals surface area contributed by atoms with Crippen LogP contribution >= 0.6 is 0 Å². The second kappa shape index (κ2) is 8.91. The highest BCUT2D eigenvalue weighted by molar-refractivity contribution is 6.48. The molecule has 0 saturated heterocycles. The van der Waals surface area contributed by atoms with Crippen LogP contribution in [-0.4, -0.2) is 9.04 Å². The van der Waals surface area contributed by atoms with Crippen LogP contribution in [0.3, 0.4) is 0 Å². The summed E-state index contributed by atoms with van der Waals surface area (Å²) in [6, 6.07) is 0. The Labute approximate surface area is 128 Å². The van der Waals surface area contributed by atoms with Gasteiger partial charge in [0.2, 0.25) is 9.04 Å². The van der Waals surface area contributed by atoms with Crippen LogP contribution in [0.5, 0.6) is 0 Å². The fourth-order valence-electron chi connectivity index (χ4n) is 3.19. The van der Waals surface area contributed by atoms with Crippen molar-refractivity contribution in [1.29, 1.82) is 0 Å². The molecule has 1 unspecified atom stereocenters. The predicted molar refractivity (Wildman–Crippen MR) is 92.5 cm³/mol. The fraction of sp³-hybridized carbons (Fsp3) is 0.889. The lowest BCUT2D eigenvalue weighted by Gasteiger charge is -2.31. The molecule has 0 N–H and O–H groups in total. The van der Waals surface area contributed by atoms with Gasteiger partial charge in [-0.2, -0.15) is 0 Å². The first-order valence-corrected chi connectivity index (χ1v) is 11.5. The molecular weight excluding hydrogens is 260 g/mol. The van der Waals surface area contributed by atoms with Gasteiger partial charge in [0.15, 0.2) is 0 Å². The summed E-state index contributed by atoms with van der Waals surface area (Å²) in [5.41, 5.74) is 0.470. The average molecular weight is 297 g/mol. The molecular formula is C18H36OSi. The van der Waals surface area contributed by atoms with E-state index in [0.29, 0.717) is 5.41 Å². The maximum Gasteiger partial charge on any atom is 0.229 e. The molecule has 0 radical (unpaired) electrons. The van der Waals surface area contributed by atoms with E-state index in [4.69, 9.17) is 4.43 Å². The van der Waals surface area contributed by atoms with Gasteiger partial charge in [-0.3, -0.25) is 0 Å². The standard InChI is InChI=1S/C18H36OSi/c1-18(2,3)16-12-8-6-7-9-14-17(19-20(4)5)15-11-10-13-16/h15-16,20H,6-14H2,1-5H3/b17-15-. The quantitative estimate of drug-likeness (QED) is 0.563. The molecule has 0 spiro atoms. The third kappa shape index (κ3) is 7.52. The first-order valence-electron chi connectivity index (χ1n) is 8.75. The van der Waals surface area contributed by atoms with Crippen molar-refractivity contribution in [2.75, 3.05) is 0 Å². The maximum atomic E-state index is 6.09. The van der Waals surface area contributed by atoms with E-state index in [1.54, 1.807) is 0 Å². The molecule has 0 amide bonds. The lowest BCUT2D eigenvalue weighted by molar-refractivity contribution is 0.202. The minimum atomic E-state index is -0.933. The van der Waals surface area contributed by atoms with Gasteiger partial charge in [-0.15, -0.1) is 0 Å². The molecule has 1 aliphatic carbocycles. The van der Waals surface area contributed by atoms with E-state index < -0.39 is 9.04 Å². The van der Waals surface area contributed by atoms with E-state index in [0.717, 1.165) is 5.92 Å². The van der Waals surface area contributed by atoms with E-state index >= 15 is 0 Å². The Hall–Kier alpha value is -0.243. The van der Waals surface area contributed by atoms with Gasteiger partial charge in [0.1, 0.15) is 0 Å². The Morgan fingerprint density at radius 2 is 1.65 bits per heavy atom. The molecule has 2 heteroatoms. The predicted octanol–water partition coefficient (Wildman–Crippen LogP) is 6.06. The normalized spacial score (nSPS) is 26.3. The Bertz CT molecular complexity index is 288. The monoisotopic (exact) mass is 296 g/mol. The molecule has 0 aromatic rings. The largest absolute Gasteiger partial charge is 0.550 e. The number of rotatable bonds is 2. The SMILES string of the molecule is C[SiH](C)O/C1=C\CCCC(C(C)(C)C)CCCCCC1. The van der Waals surface area contributed by atoms with Gasteiger partial charge < -0.3 is 4.43 Å². The van der Waals surface area contributed by atoms with Crippen molar-refractivity contribution < 1.29 is 4.43 Å². The zero-order valence-electron chi connectivity index (χ0n) is 14.5. The van der Waals surface area contributed by atoms with Crippen LogP contribution in [0.1, 0.15) is 78.6 Å². The van der Waals surface area contributed by atoms with Crippen LogP contribution in [0.4, 0.5) is 0 Å². The van der Waals surface area contributed by atoms with Gasteiger partial charge in [0.25, 0.3) is 0 Å². The van der Waals surface area contributed by atoms with E-state index in [2.05, 4.69) is 39.9 Å². The average Bonchev–Trinajstić information content (AvgIpc) is 2.30. The lowest BCUT2D eigenvalue weighted by atomic mass is 9.75. The van der Waals surface area contributed by atoms with Crippen LogP contribution in [0.2, 0.25) is 13.1 Å². The summed E-state index contributed by atoms with van der Waals surface area (Å²) >= 11 is 0. The van der Waals surface area contributed by atoms with Crippen molar-refractivity contribution in [2.24, 2.45) is 11.3 Å². The maximum absolute atomic E-state index is 6.09. The Kier molecular flexibility index (Phi) is 7.94. The summed E-state index contributed by atoms with van der Waals surface area (Å²) in [6.45, 7) is 11.8. The fourth-order valence-corrected chi connectivity index (χ4v) is 4.01. The van der Waals surface area contributed by atoms with Crippen molar-refractivity contribution in [1.82, 2.24) is 0 Å². The van der Waals surface area contributed by atoms with Gasteiger partial charge in [-0.25, -0.2) is 0 Å². The van der Waals surface area contributed by atoms with E-state index in [1.165, 1.54) is 63.5 Å². The third-order valence-electron chi connectivity index (χ3n) is 4.47. The van der Waals surface area contributed by atoms with Gasteiger partial charge in [-0.05, 0) is 62.6 Å². The molecule has 0 bridgehead atoms. The van der Waals surface area contributed by atoms with Gasteiger partial charge in [0, 0.05) is 6.42 Å². The van der Waals surface area contributed by atoms with Crippen LogP contribution in [0.15, 0.2) is 11.8 Å². The zero-order valence-corrected chi connectivity index (χ0v) is 15.7. The molecule has 1 rings (SSSR count). The Morgan fingerprint density at radius 1 is 1.00 bits per heavy atom. The summed E-state index contributed by atoms with van der Waals surface area (Å²) in [5.74, 6) is 2.19. The minimum absolute atomic E-state index is 0.470. The highest BCUT2D eigenvalue weighted by atomic mass is 28.3. The van der Waals surface area contributed by atoms with Crippen LogP contribution in [0, 0.1) is 11.3 Å². The van der Waals surface area contributed by atoms with Gasteiger partial charge in [0.05, 0.1) is 5.76 Å². The molecule has 1 aliphatic rings. The third-order valence-corrected chi connectivity index (χ3v) is 5.24. The number of allylic oxidation sites excluding steroid dienone is 2. The summed E-state index contributed by atoms with van der Waals surface area (Å²) < 4.78 is 6.09. The van der Waals surface area contributed by atoms with Crippen molar-refractivity contribution in [3.63, 3.8) is 0 Å². The first-order chi connectivity index (χ1) is 9.39. The summed E-state index contributed by atoms with van der Waals surface area (Å²) in [4.78, 5) is 0. The molecule has 0 saturated carbocycles. The summed E-state index contributed by atoms with van der Waals surface area (Å²) in [7, 11) is -0.933. The lowest BCUT2D eigenvalue weighted by Crippen LogP contribution is -2.20. The highest BCUT2D eigenvalue weighted by Gasteiger charge is 2.23. The molecule has 118 valence electrons. The van der Waals surface area contributed by atoms with Crippen LogP contribution in [0.25, 0.3) is 0 Å². The number of hydrogen-bond acceptors (Lipinski definition) is 1. The molecule has 0 aromatic carbocycles. The second-order valence-electron chi connectivity index (χ2n) is 7.78. The Morgan fingerprint density at radius 3 is 2.30 bits per heavy atom. The smallest absolute Gasteiger partial charge is 0.229 e. The molecule has 1 nitrogen and oxygen atoms in total. The molecule has 0 aromatic heterocycles. The van der Waals surface area contributed by atoms with Gasteiger partial charge >= 0.3 is 0 Å². The van der Waals surface area contributed by atoms with Crippen molar-refractivity contribution in [3.8, 4) is 0 Å². The molecule has 1 atom stereocenters. The Balaban J connectivity index is 2.57. The van der Waals surface area contributed by atoms with Crippen molar-refractivity contribution in [2.45, 2.75) is 91.7 Å². The highest BCUT2D eigenvalue weighted by Crippen LogP contribution is 2.35. The zero-order chi connectivity index (χ0) is 15.0. The summed E-state index contributed by atoms with van der Waals surface area (Å²) in [5, 5.41) is 0. The second-order valence-corrected chi connectivity index (χ2v) is 10.1. The van der Waals surface area contributed by atoms with Crippen LogP contribution in [-0.2, 0) is 4.43 Å². The molecule has 0 fully saturated rings.